The molecule has 0 saturated heterocycles. The highest BCUT2D eigenvalue weighted by atomic mass is 15.1. The molecule has 2 nitrogen and oxygen atoms in total. The first kappa shape index (κ1) is 39.1. The van der Waals surface area contributed by atoms with Crippen molar-refractivity contribution in [2.24, 2.45) is 0 Å². The van der Waals surface area contributed by atoms with Crippen LogP contribution in [-0.4, -0.2) is 0 Å². The fraction of sp³-hybridized carbons (Fsp3) is 0.207. The molecule has 298 valence electrons. The summed E-state index contributed by atoms with van der Waals surface area (Å²) in [5.41, 5.74) is 14.7. The lowest BCUT2D eigenvalue weighted by Crippen LogP contribution is -2.10. The van der Waals surface area contributed by atoms with Gasteiger partial charge in [0, 0.05) is 34.1 Å². The molecule has 0 heterocycles. The van der Waals surface area contributed by atoms with Gasteiger partial charge in [0.25, 0.3) is 0 Å². The largest absolute Gasteiger partial charge is 0.311 e. The van der Waals surface area contributed by atoms with E-state index >= 15 is 0 Å². The molecule has 0 aliphatic heterocycles. The van der Waals surface area contributed by atoms with E-state index in [-0.39, 0.29) is 0 Å². The van der Waals surface area contributed by atoms with Crippen molar-refractivity contribution in [3.63, 3.8) is 0 Å². The predicted molar refractivity (Wildman–Crippen MR) is 258 cm³/mol. The minimum atomic E-state index is 0.706. The van der Waals surface area contributed by atoms with Gasteiger partial charge < -0.3 is 9.80 Å². The molecule has 0 bridgehead atoms. The summed E-state index contributed by atoms with van der Waals surface area (Å²) in [4.78, 5) is 4.71. The zero-order valence-electron chi connectivity index (χ0n) is 34.8. The number of hydrogen-bond donors (Lipinski definition) is 0. The van der Waals surface area contributed by atoms with Crippen LogP contribution in [0.5, 0.6) is 0 Å². The van der Waals surface area contributed by atoms with Gasteiger partial charge in [0.2, 0.25) is 0 Å². The van der Waals surface area contributed by atoms with Crippen molar-refractivity contribution < 1.29 is 0 Å². The lowest BCUT2D eigenvalue weighted by Gasteiger charge is -2.27. The molecule has 2 heteroatoms. The molecule has 0 spiro atoms. The van der Waals surface area contributed by atoms with Crippen LogP contribution in [0.15, 0.2) is 182 Å². The van der Waals surface area contributed by atoms with Crippen LogP contribution >= 0.6 is 0 Å². The van der Waals surface area contributed by atoms with Gasteiger partial charge >= 0.3 is 0 Å². The normalized spacial score (nSPS) is 15.1. The van der Waals surface area contributed by atoms with E-state index in [9.17, 15) is 0 Å². The van der Waals surface area contributed by atoms with Crippen molar-refractivity contribution in [2.45, 2.75) is 76.0 Å². The topological polar surface area (TPSA) is 6.48 Å². The first-order valence-electron chi connectivity index (χ1n) is 22.3. The number of benzene rings is 7. The number of rotatable bonds is 12. The summed E-state index contributed by atoms with van der Waals surface area (Å²) in [7, 11) is 0. The molecule has 0 atom stereocenters. The summed E-state index contributed by atoms with van der Waals surface area (Å²) >= 11 is 0. The molecule has 2 aliphatic carbocycles. The summed E-state index contributed by atoms with van der Waals surface area (Å²) in [6.45, 7) is 0. The van der Waals surface area contributed by atoms with Crippen molar-refractivity contribution >= 4 is 58.4 Å². The van der Waals surface area contributed by atoms with Crippen LogP contribution in [0.4, 0.5) is 34.1 Å². The van der Waals surface area contributed by atoms with E-state index in [1.165, 1.54) is 109 Å². The second kappa shape index (κ2) is 19.1. The quantitative estimate of drug-likeness (QED) is 0.114. The van der Waals surface area contributed by atoms with Gasteiger partial charge in [0.1, 0.15) is 0 Å². The van der Waals surface area contributed by atoms with Gasteiger partial charge in [-0.15, -0.1) is 0 Å². The SMILES string of the molecule is C(=Cc1ccc(N(c2ccccc2)c2ccc(C3CCCCC3)cc2)cc1)c1ccc(C=Cc2ccc(N(c3ccccc3)c3ccc(C4CCCCC4)cc3)cc2)cc1. The molecule has 7 aromatic carbocycles. The Morgan fingerprint density at radius 1 is 0.267 bits per heavy atom. The Bertz CT molecular complexity index is 2260. The summed E-state index contributed by atoms with van der Waals surface area (Å²) < 4.78 is 0. The number of para-hydroxylation sites is 2. The van der Waals surface area contributed by atoms with Crippen molar-refractivity contribution in [3.8, 4) is 0 Å². The molecule has 0 radical (unpaired) electrons. The summed E-state index contributed by atoms with van der Waals surface area (Å²) in [5, 5.41) is 0. The lowest BCUT2D eigenvalue weighted by molar-refractivity contribution is 0.443. The van der Waals surface area contributed by atoms with Crippen LogP contribution < -0.4 is 9.80 Å². The number of hydrogen-bond acceptors (Lipinski definition) is 2. The molecule has 9 rings (SSSR count). The first-order chi connectivity index (χ1) is 29.7. The van der Waals surface area contributed by atoms with Crippen molar-refractivity contribution in [1.29, 1.82) is 0 Å². The fourth-order valence-electron chi connectivity index (χ4n) is 9.28. The van der Waals surface area contributed by atoms with Crippen LogP contribution in [0.1, 0.15) is 109 Å². The Morgan fingerprint density at radius 2 is 0.517 bits per heavy atom. The third-order valence-corrected chi connectivity index (χ3v) is 12.7. The van der Waals surface area contributed by atoms with Crippen molar-refractivity contribution in [2.75, 3.05) is 9.80 Å². The van der Waals surface area contributed by atoms with Crippen LogP contribution in [0.25, 0.3) is 24.3 Å². The molecule has 2 fully saturated rings. The van der Waals surface area contributed by atoms with E-state index in [4.69, 9.17) is 0 Å². The van der Waals surface area contributed by atoms with E-state index in [1.807, 2.05) is 0 Å². The predicted octanol–water partition coefficient (Wildman–Crippen LogP) is 17.1. The Labute approximate surface area is 358 Å². The lowest BCUT2D eigenvalue weighted by atomic mass is 9.84. The summed E-state index contributed by atoms with van der Waals surface area (Å²) in [5.74, 6) is 1.41. The second-order valence-corrected chi connectivity index (χ2v) is 16.7. The third-order valence-electron chi connectivity index (χ3n) is 12.7. The smallest absolute Gasteiger partial charge is 0.0462 e. The van der Waals surface area contributed by atoms with Crippen LogP contribution in [0.3, 0.4) is 0 Å². The maximum absolute atomic E-state index is 2.36. The van der Waals surface area contributed by atoms with E-state index in [0.717, 1.165) is 22.7 Å². The molecular formula is C58H56N2. The molecule has 2 saturated carbocycles. The Hall–Kier alpha value is -6.38. The first-order valence-corrected chi connectivity index (χ1v) is 22.3. The maximum atomic E-state index is 2.36. The van der Waals surface area contributed by atoms with Gasteiger partial charge in [-0.2, -0.15) is 0 Å². The fourth-order valence-corrected chi connectivity index (χ4v) is 9.28. The molecule has 0 N–H and O–H groups in total. The molecule has 7 aromatic rings. The van der Waals surface area contributed by atoms with Gasteiger partial charge in [0.15, 0.2) is 0 Å². The van der Waals surface area contributed by atoms with E-state index in [1.54, 1.807) is 0 Å². The highest BCUT2D eigenvalue weighted by molar-refractivity contribution is 5.80. The summed E-state index contributed by atoms with van der Waals surface area (Å²) in [6.07, 6.45) is 22.3. The molecule has 0 aromatic heterocycles. The second-order valence-electron chi connectivity index (χ2n) is 16.7. The molecule has 2 aliphatic rings. The number of anilines is 6. The highest BCUT2D eigenvalue weighted by Gasteiger charge is 2.19. The van der Waals surface area contributed by atoms with Gasteiger partial charge in [-0.25, -0.2) is 0 Å². The van der Waals surface area contributed by atoms with Gasteiger partial charge in [0.05, 0.1) is 0 Å². The Kier molecular flexibility index (Phi) is 12.5. The standard InChI is InChI=1S/C58H56N2/c1-5-13-49(14-6-1)51-33-41-57(42-34-51)59(53-17-9-3-10-18-53)55-37-29-47(30-38-55)27-25-45-21-23-46(24-22-45)26-28-48-31-39-56(40-32-48)60(54-19-11-4-12-20-54)58-43-35-52(36-44-58)50-15-7-2-8-16-50/h3-4,9-12,17-44,49-50H,1-2,5-8,13-16H2. The summed E-state index contributed by atoms with van der Waals surface area (Å²) in [6, 6.07) is 66.6. The van der Waals surface area contributed by atoms with Crippen LogP contribution in [-0.2, 0) is 0 Å². The average Bonchev–Trinajstić information content (AvgIpc) is 3.33. The molecule has 0 unspecified atom stereocenters. The van der Waals surface area contributed by atoms with E-state index in [2.05, 4.69) is 216 Å². The highest BCUT2D eigenvalue weighted by Crippen LogP contribution is 2.39. The van der Waals surface area contributed by atoms with Crippen molar-refractivity contribution in [3.05, 3.63) is 215 Å². The van der Waals surface area contributed by atoms with E-state index in [0.29, 0.717) is 11.8 Å². The zero-order chi connectivity index (χ0) is 40.4. The third kappa shape index (κ3) is 9.56. The van der Waals surface area contributed by atoms with Crippen LogP contribution in [0, 0.1) is 0 Å². The van der Waals surface area contributed by atoms with E-state index < -0.39 is 0 Å². The van der Waals surface area contributed by atoms with Gasteiger partial charge in [-0.1, -0.05) is 172 Å². The van der Waals surface area contributed by atoms with Crippen molar-refractivity contribution in [1.82, 2.24) is 0 Å². The van der Waals surface area contributed by atoms with Gasteiger partial charge in [-0.05, 0) is 144 Å². The van der Waals surface area contributed by atoms with Crippen LogP contribution in [0.2, 0.25) is 0 Å². The Balaban J connectivity index is 0.848. The van der Waals surface area contributed by atoms with Gasteiger partial charge in [-0.3, -0.25) is 0 Å². The zero-order valence-corrected chi connectivity index (χ0v) is 34.8. The number of nitrogens with zero attached hydrogens (tertiary/aromatic N) is 2. The minimum Gasteiger partial charge on any atom is -0.311 e. The average molecular weight is 781 g/mol. The monoisotopic (exact) mass is 780 g/mol. The Morgan fingerprint density at radius 3 is 0.817 bits per heavy atom. The maximum Gasteiger partial charge on any atom is 0.0462 e. The molecule has 0 amide bonds. The molecule has 60 heavy (non-hydrogen) atoms. The minimum absolute atomic E-state index is 0.706. The molecular weight excluding hydrogens is 725 g/mol.